The quantitative estimate of drug-likeness (QED) is 0.538. The molecule has 0 N–H and O–H groups in total. The van der Waals surface area contributed by atoms with Crippen molar-refractivity contribution in [3.63, 3.8) is 0 Å². The van der Waals surface area contributed by atoms with Crippen LogP contribution in [0.3, 0.4) is 0 Å². The highest BCUT2D eigenvalue weighted by molar-refractivity contribution is 8.23. The molecule has 2 atom stereocenters. The molecular weight excluding hydrogens is 392 g/mol. The van der Waals surface area contributed by atoms with Gasteiger partial charge in [-0.3, -0.25) is 14.4 Å². The minimum Gasteiger partial charge on any atom is -0.272 e. The predicted molar refractivity (Wildman–Crippen MR) is 107 cm³/mol. The first-order valence-electron chi connectivity index (χ1n) is 9.14. The van der Waals surface area contributed by atoms with Gasteiger partial charge in [-0.2, -0.15) is 10.0 Å². The summed E-state index contributed by atoms with van der Waals surface area (Å²) in [6.45, 7) is 0. The molecule has 0 saturated carbocycles. The van der Waals surface area contributed by atoms with Crippen molar-refractivity contribution in [2.45, 2.75) is 11.8 Å². The Hall–Kier alpha value is -2.51. The van der Waals surface area contributed by atoms with Gasteiger partial charge in [0, 0.05) is 11.8 Å². The second-order valence-corrected chi connectivity index (χ2v) is 9.12. The molecule has 0 aromatic heterocycles. The molecule has 2 bridgehead atoms. The van der Waals surface area contributed by atoms with E-state index < -0.39 is 11.8 Å². The van der Waals surface area contributed by atoms with Crippen molar-refractivity contribution in [2.24, 2.45) is 11.8 Å². The van der Waals surface area contributed by atoms with Crippen LogP contribution in [0.4, 0.5) is 0 Å². The molecule has 5 aliphatic rings. The number of hydrogen-bond acceptors (Lipinski definition) is 5. The van der Waals surface area contributed by atoms with Gasteiger partial charge in [0.1, 0.15) is 0 Å². The van der Waals surface area contributed by atoms with Crippen molar-refractivity contribution in [1.82, 2.24) is 10.0 Å². The minimum absolute atomic E-state index is 0.165. The number of amides is 3. The molecule has 2 aliphatic heterocycles. The zero-order chi connectivity index (χ0) is 19.2. The molecule has 2 saturated heterocycles. The standard InChI is InChI=1S/C21H14N2O3S2/c24-14-9-28-21(27)22(14)23-19(25)17-15-10-5-1-2-6-11(10)16(18(17)20(23)26)13-8-4-3-7-12(13)15/h1-8,15-18H,9H2/t15?,16?,17-,18-/m0/s1. The van der Waals surface area contributed by atoms with Crippen LogP contribution in [-0.2, 0) is 14.4 Å². The Morgan fingerprint density at radius 2 is 1.18 bits per heavy atom. The number of rotatable bonds is 1. The van der Waals surface area contributed by atoms with Gasteiger partial charge >= 0.3 is 0 Å². The fourth-order valence-electron chi connectivity index (χ4n) is 5.40. The molecule has 0 radical (unpaired) electrons. The number of hydrogen-bond donors (Lipinski definition) is 0. The van der Waals surface area contributed by atoms with Gasteiger partial charge in [0.15, 0.2) is 4.32 Å². The lowest BCUT2D eigenvalue weighted by Gasteiger charge is -2.45. The van der Waals surface area contributed by atoms with Crippen LogP contribution in [0.1, 0.15) is 34.1 Å². The van der Waals surface area contributed by atoms with E-state index in [1.54, 1.807) is 0 Å². The summed E-state index contributed by atoms with van der Waals surface area (Å²) >= 11 is 6.45. The van der Waals surface area contributed by atoms with Gasteiger partial charge in [0.2, 0.25) is 0 Å². The first-order valence-corrected chi connectivity index (χ1v) is 10.5. The third-order valence-electron chi connectivity index (χ3n) is 6.35. The van der Waals surface area contributed by atoms with Gasteiger partial charge in [-0.1, -0.05) is 72.5 Å². The monoisotopic (exact) mass is 406 g/mol. The van der Waals surface area contributed by atoms with Gasteiger partial charge in [-0.25, -0.2) is 0 Å². The van der Waals surface area contributed by atoms with Crippen molar-refractivity contribution in [3.05, 3.63) is 70.8 Å². The fraction of sp³-hybridized carbons (Fsp3) is 0.238. The third-order valence-corrected chi connectivity index (χ3v) is 7.69. The van der Waals surface area contributed by atoms with E-state index in [0.29, 0.717) is 0 Å². The van der Waals surface area contributed by atoms with Crippen LogP contribution in [0.5, 0.6) is 0 Å². The Morgan fingerprint density at radius 3 is 1.54 bits per heavy atom. The molecule has 2 aromatic carbocycles. The Labute approximate surface area is 170 Å². The van der Waals surface area contributed by atoms with E-state index in [0.717, 1.165) is 32.3 Å². The summed E-state index contributed by atoms with van der Waals surface area (Å²) in [7, 11) is 0. The van der Waals surface area contributed by atoms with E-state index in [1.807, 2.05) is 24.3 Å². The average molecular weight is 406 g/mol. The first-order chi connectivity index (χ1) is 13.6. The minimum atomic E-state index is -0.497. The zero-order valence-electron chi connectivity index (χ0n) is 14.6. The molecule has 7 heteroatoms. The smallest absolute Gasteiger partial charge is 0.258 e. The van der Waals surface area contributed by atoms with Crippen molar-refractivity contribution in [3.8, 4) is 0 Å². The second kappa shape index (κ2) is 5.52. The molecule has 2 heterocycles. The van der Waals surface area contributed by atoms with E-state index in [9.17, 15) is 14.4 Å². The molecule has 28 heavy (non-hydrogen) atoms. The lowest BCUT2D eigenvalue weighted by atomic mass is 9.55. The zero-order valence-corrected chi connectivity index (χ0v) is 16.2. The summed E-state index contributed by atoms with van der Waals surface area (Å²) in [6, 6.07) is 16.1. The Kier molecular flexibility index (Phi) is 3.24. The van der Waals surface area contributed by atoms with Crippen LogP contribution in [0.25, 0.3) is 0 Å². The van der Waals surface area contributed by atoms with E-state index in [2.05, 4.69) is 24.3 Å². The highest BCUT2D eigenvalue weighted by Crippen LogP contribution is 2.61. The van der Waals surface area contributed by atoms with Crippen molar-refractivity contribution in [1.29, 1.82) is 0 Å². The number of carbonyl (C=O) groups excluding carboxylic acids is 3. The number of hydrazine groups is 1. The summed E-state index contributed by atoms with van der Waals surface area (Å²) in [5, 5.41) is 2.16. The van der Waals surface area contributed by atoms with Gasteiger partial charge in [0.05, 0.1) is 17.6 Å². The van der Waals surface area contributed by atoms with Gasteiger partial charge in [-0.05, 0) is 22.3 Å². The fourth-order valence-corrected chi connectivity index (χ4v) is 6.43. The molecule has 2 fully saturated rings. The molecule has 3 aliphatic carbocycles. The molecule has 0 spiro atoms. The van der Waals surface area contributed by atoms with Crippen molar-refractivity contribution >= 4 is 46.0 Å². The largest absolute Gasteiger partial charge is 0.272 e. The number of thiocarbonyl (C=S) groups is 1. The Morgan fingerprint density at radius 1 is 0.750 bits per heavy atom. The lowest BCUT2D eigenvalue weighted by molar-refractivity contribution is -0.159. The number of thioether (sulfide) groups is 1. The molecular formula is C21H14N2O3S2. The Bertz CT molecular complexity index is 983. The number of carbonyl (C=O) groups is 3. The molecule has 3 amide bonds. The van der Waals surface area contributed by atoms with Crippen LogP contribution < -0.4 is 0 Å². The van der Waals surface area contributed by atoms with E-state index in [-0.39, 0.29) is 39.6 Å². The molecule has 7 rings (SSSR count). The summed E-state index contributed by atoms with van der Waals surface area (Å²) in [5.41, 5.74) is 4.45. The number of benzene rings is 2. The summed E-state index contributed by atoms with van der Waals surface area (Å²) in [5.74, 6) is -2.12. The first kappa shape index (κ1) is 16.4. The highest BCUT2D eigenvalue weighted by atomic mass is 32.2. The summed E-state index contributed by atoms with van der Waals surface area (Å²) in [4.78, 5) is 39.3. The summed E-state index contributed by atoms with van der Waals surface area (Å²) < 4.78 is 0.271. The number of nitrogens with zero attached hydrogens (tertiary/aromatic N) is 2. The molecule has 138 valence electrons. The maximum atomic E-state index is 13.5. The maximum absolute atomic E-state index is 13.5. The van der Waals surface area contributed by atoms with Gasteiger partial charge in [0.25, 0.3) is 17.7 Å². The maximum Gasteiger partial charge on any atom is 0.258 e. The van der Waals surface area contributed by atoms with E-state index >= 15 is 0 Å². The van der Waals surface area contributed by atoms with E-state index in [4.69, 9.17) is 12.2 Å². The molecule has 5 nitrogen and oxygen atoms in total. The normalized spacial score (nSPS) is 30.0. The van der Waals surface area contributed by atoms with Crippen LogP contribution in [-0.4, -0.2) is 37.8 Å². The average Bonchev–Trinajstić information content (AvgIpc) is 3.18. The second-order valence-electron chi connectivity index (χ2n) is 7.51. The van der Waals surface area contributed by atoms with Crippen LogP contribution >= 0.6 is 24.0 Å². The highest BCUT2D eigenvalue weighted by Gasteiger charge is 2.63. The summed E-state index contributed by atoms with van der Waals surface area (Å²) in [6.07, 6.45) is 0. The lowest BCUT2D eigenvalue weighted by Crippen LogP contribution is -2.49. The number of imide groups is 1. The topological polar surface area (TPSA) is 57.7 Å². The molecule has 2 aromatic rings. The Balaban J connectivity index is 1.56. The van der Waals surface area contributed by atoms with Gasteiger partial charge < -0.3 is 0 Å². The SMILES string of the molecule is O=C1CSC(=S)N1N1C(=O)[C@H]2C3c4ccccc4C(c4ccccc43)[C@@H]2C1=O. The predicted octanol–water partition coefficient (Wildman–Crippen LogP) is 2.65. The third kappa shape index (κ3) is 1.83. The van der Waals surface area contributed by atoms with Gasteiger partial charge in [-0.15, -0.1) is 0 Å². The van der Waals surface area contributed by atoms with Crippen LogP contribution in [0.2, 0.25) is 0 Å². The van der Waals surface area contributed by atoms with Crippen molar-refractivity contribution in [2.75, 3.05) is 5.75 Å². The molecule has 0 unspecified atom stereocenters. The van der Waals surface area contributed by atoms with E-state index in [1.165, 1.54) is 11.8 Å². The van der Waals surface area contributed by atoms with Crippen LogP contribution in [0, 0.1) is 11.8 Å². The van der Waals surface area contributed by atoms with Crippen LogP contribution in [0.15, 0.2) is 48.5 Å². The van der Waals surface area contributed by atoms with Crippen molar-refractivity contribution < 1.29 is 14.4 Å².